The fraction of sp³-hybridized carbons (Fsp3) is 0.500. The molecule has 1 aliphatic rings. The van der Waals surface area contributed by atoms with E-state index in [-0.39, 0.29) is 0 Å². The summed E-state index contributed by atoms with van der Waals surface area (Å²) in [5, 5.41) is -2.52. The molecular formula is C6H4ClF2NO4. The summed E-state index contributed by atoms with van der Waals surface area (Å²) in [6.07, 6.45) is -0.461. The van der Waals surface area contributed by atoms with Crippen molar-refractivity contribution in [3.8, 4) is 0 Å². The van der Waals surface area contributed by atoms with Crippen LogP contribution in [0.5, 0.6) is 0 Å². The Morgan fingerprint density at radius 3 is 2.50 bits per heavy atom. The third-order valence-corrected chi connectivity index (χ3v) is 1.60. The molecule has 1 atom stereocenters. The predicted octanol–water partition coefficient (Wildman–Crippen LogP) is -0.224. The summed E-state index contributed by atoms with van der Waals surface area (Å²) in [6, 6.07) is -1.38. The Morgan fingerprint density at radius 1 is 1.57 bits per heavy atom. The van der Waals surface area contributed by atoms with Gasteiger partial charge in [-0.2, -0.15) is 8.78 Å². The minimum atomic E-state index is -4.11. The van der Waals surface area contributed by atoms with Crippen molar-refractivity contribution in [3.05, 3.63) is 0 Å². The van der Waals surface area contributed by atoms with Crippen LogP contribution in [0.4, 0.5) is 8.78 Å². The summed E-state index contributed by atoms with van der Waals surface area (Å²) in [4.78, 5) is 31.7. The number of carbonyl (C=O) groups excluding carboxylic acids is 3. The highest BCUT2D eigenvalue weighted by Crippen LogP contribution is 2.19. The summed E-state index contributed by atoms with van der Waals surface area (Å²) in [5.74, 6) is -3.78. The van der Waals surface area contributed by atoms with E-state index in [1.165, 1.54) is 0 Å². The SMILES string of the molecule is O=C1C[C@H](NC(=O)C(F)(F)Cl)C(=O)O1. The number of rotatable bonds is 2. The lowest BCUT2D eigenvalue weighted by atomic mass is 10.2. The van der Waals surface area contributed by atoms with Crippen LogP contribution in [-0.4, -0.2) is 29.3 Å². The van der Waals surface area contributed by atoms with Crippen molar-refractivity contribution >= 4 is 29.4 Å². The number of ether oxygens (including phenoxy) is 1. The van der Waals surface area contributed by atoms with E-state index < -0.39 is 35.7 Å². The topological polar surface area (TPSA) is 72.5 Å². The van der Waals surface area contributed by atoms with Gasteiger partial charge < -0.3 is 10.1 Å². The van der Waals surface area contributed by atoms with Crippen LogP contribution in [0.1, 0.15) is 6.42 Å². The first-order chi connectivity index (χ1) is 6.30. The number of nitrogens with one attached hydrogen (secondary N) is 1. The average Bonchev–Trinajstić information content (AvgIpc) is 2.28. The van der Waals surface area contributed by atoms with Crippen molar-refractivity contribution in [2.24, 2.45) is 0 Å². The fourth-order valence-electron chi connectivity index (χ4n) is 0.825. The van der Waals surface area contributed by atoms with Gasteiger partial charge in [-0.3, -0.25) is 9.59 Å². The summed E-state index contributed by atoms with van der Waals surface area (Å²) in [7, 11) is 0. The first kappa shape index (κ1) is 10.8. The highest BCUT2D eigenvalue weighted by molar-refractivity contribution is 6.32. The molecule has 0 aromatic heterocycles. The van der Waals surface area contributed by atoms with Crippen LogP contribution in [0.15, 0.2) is 0 Å². The average molecular weight is 228 g/mol. The van der Waals surface area contributed by atoms with Gasteiger partial charge in [0, 0.05) is 0 Å². The quantitative estimate of drug-likeness (QED) is 0.402. The van der Waals surface area contributed by atoms with E-state index in [4.69, 9.17) is 0 Å². The molecule has 0 aliphatic carbocycles. The van der Waals surface area contributed by atoms with Crippen LogP contribution < -0.4 is 5.32 Å². The molecule has 78 valence electrons. The molecule has 8 heteroatoms. The molecule has 1 heterocycles. The summed E-state index contributed by atoms with van der Waals surface area (Å²) in [5.41, 5.74) is 0. The van der Waals surface area contributed by atoms with Gasteiger partial charge in [0.1, 0.15) is 6.04 Å². The van der Waals surface area contributed by atoms with Crippen LogP contribution in [-0.2, 0) is 19.1 Å². The molecule has 1 amide bonds. The first-order valence-corrected chi connectivity index (χ1v) is 3.80. The molecule has 0 bridgehead atoms. The Bertz CT molecular complexity index is 301. The van der Waals surface area contributed by atoms with Crippen LogP contribution in [0.25, 0.3) is 0 Å². The van der Waals surface area contributed by atoms with Gasteiger partial charge in [-0.15, -0.1) is 0 Å². The molecule has 0 radical (unpaired) electrons. The van der Waals surface area contributed by atoms with Crippen molar-refractivity contribution in [3.63, 3.8) is 0 Å². The van der Waals surface area contributed by atoms with E-state index in [2.05, 4.69) is 16.3 Å². The zero-order valence-electron chi connectivity index (χ0n) is 6.55. The molecular weight excluding hydrogens is 224 g/mol. The second kappa shape index (κ2) is 3.49. The van der Waals surface area contributed by atoms with Crippen molar-refractivity contribution in [1.82, 2.24) is 5.32 Å². The van der Waals surface area contributed by atoms with E-state index >= 15 is 0 Å². The van der Waals surface area contributed by atoms with Gasteiger partial charge in [-0.1, -0.05) is 0 Å². The number of cyclic esters (lactones) is 2. The summed E-state index contributed by atoms with van der Waals surface area (Å²) in [6.45, 7) is 0. The Hall–Kier alpha value is -1.24. The Kier molecular flexibility index (Phi) is 2.70. The van der Waals surface area contributed by atoms with Crippen LogP contribution in [0, 0.1) is 0 Å². The minimum absolute atomic E-state index is 0.461. The van der Waals surface area contributed by atoms with Crippen molar-refractivity contribution in [2.75, 3.05) is 0 Å². The Morgan fingerprint density at radius 2 is 2.14 bits per heavy atom. The van der Waals surface area contributed by atoms with Crippen LogP contribution >= 0.6 is 11.6 Å². The molecule has 1 rings (SSSR count). The van der Waals surface area contributed by atoms with E-state index in [1.54, 1.807) is 5.32 Å². The van der Waals surface area contributed by atoms with Crippen LogP contribution in [0.2, 0.25) is 0 Å². The first-order valence-electron chi connectivity index (χ1n) is 3.43. The molecule has 14 heavy (non-hydrogen) atoms. The van der Waals surface area contributed by atoms with Crippen LogP contribution in [0.3, 0.4) is 0 Å². The maximum absolute atomic E-state index is 12.1. The maximum atomic E-state index is 12.1. The smallest absolute Gasteiger partial charge is 0.392 e. The number of alkyl halides is 3. The summed E-state index contributed by atoms with van der Waals surface area (Å²) < 4.78 is 28.2. The molecule has 1 N–H and O–H groups in total. The maximum Gasteiger partial charge on any atom is 0.399 e. The van der Waals surface area contributed by atoms with Gasteiger partial charge >= 0.3 is 23.2 Å². The normalized spacial score (nSPS) is 22.1. The van der Waals surface area contributed by atoms with Gasteiger partial charge in [0.2, 0.25) is 0 Å². The van der Waals surface area contributed by atoms with E-state index in [1.807, 2.05) is 0 Å². The second-order valence-corrected chi connectivity index (χ2v) is 3.00. The largest absolute Gasteiger partial charge is 0.399 e. The van der Waals surface area contributed by atoms with E-state index in [0.29, 0.717) is 0 Å². The van der Waals surface area contributed by atoms with Gasteiger partial charge in [0.15, 0.2) is 0 Å². The number of carbonyl (C=O) groups is 3. The number of amides is 1. The van der Waals surface area contributed by atoms with Crippen molar-refractivity contribution < 1.29 is 27.9 Å². The predicted molar refractivity (Wildman–Crippen MR) is 38.4 cm³/mol. The van der Waals surface area contributed by atoms with Gasteiger partial charge in [-0.25, -0.2) is 4.79 Å². The van der Waals surface area contributed by atoms with Crippen molar-refractivity contribution in [2.45, 2.75) is 17.8 Å². The highest BCUT2D eigenvalue weighted by Gasteiger charge is 2.42. The van der Waals surface area contributed by atoms with Crippen molar-refractivity contribution in [1.29, 1.82) is 0 Å². The molecule has 0 aromatic rings. The number of halogens is 3. The zero-order valence-corrected chi connectivity index (χ0v) is 7.31. The molecule has 0 saturated carbocycles. The second-order valence-electron chi connectivity index (χ2n) is 2.52. The lowest BCUT2D eigenvalue weighted by Gasteiger charge is -2.10. The molecule has 0 aromatic carbocycles. The fourth-order valence-corrected chi connectivity index (χ4v) is 0.880. The third-order valence-electron chi connectivity index (χ3n) is 1.43. The molecule has 1 aliphatic heterocycles. The number of hydrogen-bond donors (Lipinski definition) is 1. The van der Waals surface area contributed by atoms with Gasteiger partial charge in [0.25, 0.3) is 0 Å². The van der Waals surface area contributed by atoms with Gasteiger partial charge in [0.05, 0.1) is 6.42 Å². The Labute approximate surface area is 81.3 Å². The molecule has 5 nitrogen and oxygen atoms in total. The molecule has 1 fully saturated rings. The third kappa shape index (κ3) is 2.38. The minimum Gasteiger partial charge on any atom is -0.392 e. The molecule has 1 saturated heterocycles. The highest BCUT2D eigenvalue weighted by atomic mass is 35.5. The number of esters is 2. The van der Waals surface area contributed by atoms with E-state index in [9.17, 15) is 23.2 Å². The molecule has 0 spiro atoms. The monoisotopic (exact) mass is 227 g/mol. The Balaban J connectivity index is 2.58. The summed E-state index contributed by atoms with van der Waals surface area (Å²) >= 11 is 4.36. The lowest BCUT2D eigenvalue weighted by molar-refractivity contribution is -0.153. The number of hydrogen-bond acceptors (Lipinski definition) is 4. The van der Waals surface area contributed by atoms with E-state index in [0.717, 1.165) is 0 Å². The zero-order chi connectivity index (χ0) is 10.9. The lowest BCUT2D eigenvalue weighted by Crippen LogP contribution is -2.44. The van der Waals surface area contributed by atoms with Gasteiger partial charge in [-0.05, 0) is 11.6 Å². The molecule has 0 unspecified atom stereocenters. The standard InChI is InChI=1S/C6H4ClF2NO4/c7-6(8,9)5(13)10-2-1-3(11)14-4(2)12/h2H,1H2,(H,10,13)/t2-/m0/s1.